The van der Waals surface area contributed by atoms with Gasteiger partial charge in [0.25, 0.3) is 0 Å². The Labute approximate surface area is 208 Å². The topological polar surface area (TPSA) is 0 Å². The molecule has 0 amide bonds. The summed E-state index contributed by atoms with van der Waals surface area (Å²) < 4.78 is 0. The van der Waals surface area contributed by atoms with Crippen LogP contribution in [0.3, 0.4) is 0 Å². The zero-order valence-electron chi connectivity index (χ0n) is 21.3. The quantitative estimate of drug-likeness (QED) is 0.293. The first-order valence-corrected chi connectivity index (χ1v) is 11.1. The molecule has 2 aromatic rings. The fourth-order valence-electron chi connectivity index (χ4n) is 2.45. The van der Waals surface area contributed by atoms with Crippen molar-refractivity contribution in [1.29, 1.82) is 0 Å². The molecule has 0 aliphatic carbocycles. The summed E-state index contributed by atoms with van der Waals surface area (Å²) in [5.74, 6) is 0. The van der Waals surface area contributed by atoms with Gasteiger partial charge in [-0.3, -0.25) is 0 Å². The molecule has 166 valence electrons. The van der Waals surface area contributed by atoms with Gasteiger partial charge in [0.1, 0.15) is 0 Å². The molecule has 0 heterocycles. The number of unbranched alkanes of at least 4 members (excludes halogenated alkanes) is 3. The summed E-state index contributed by atoms with van der Waals surface area (Å²) in [5, 5.41) is 4.78. The molecule has 29 heavy (non-hydrogen) atoms. The van der Waals surface area contributed by atoms with Crippen molar-refractivity contribution in [2.45, 2.75) is 93.9 Å². The van der Waals surface area contributed by atoms with E-state index in [1.807, 2.05) is 47.6 Å². The third-order valence-electron chi connectivity index (χ3n) is 3.71. The summed E-state index contributed by atoms with van der Waals surface area (Å²) in [6.45, 7) is 28.3. The molecule has 0 unspecified atom stereocenters. The predicted molar refractivity (Wildman–Crippen MR) is 138 cm³/mol. The second-order valence-electron chi connectivity index (χ2n) is 5.53. The molecule has 0 aromatic heterocycles. The Morgan fingerprint density at radius 3 is 1.66 bits per heavy atom. The number of hydrogen-bond acceptors (Lipinski definition) is 0. The Morgan fingerprint density at radius 1 is 0.759 bits per heavy atom. The van der Waals surface area contributed by atoms with Gasteiger partial charge in [-0.05, 0) is 39.6 Å². The first kappa shape index (κ1) is 39.0. The molecular formula is C28H50U. The molecule has 0 atom stereocenters. The van der Waals surface area contributed by atoms with Crippen LogP contribution in [0.4, 0.5) is 0 Å². The minimum Gasteiger partial charge on any atom is -0.358 e. The monoisotopic (exact) mass is 624 g/mol. The van der Waals surface area contributed by atoms with Crippen LogP contribution in [0.15, 0.2) is 30.3 Å². The van der Waals surface area contributed by atoms with Crippen molar-refractivity contribution in [1.82, 2.24) is 0 Å². The second-order valence-corrected chi connectivity index (χ2v) is 5.53. The van der Waals surface area contributed by atoms with Crippen LogP contribution in [0.5, 0.6) is 0 Å². The van der Waals surface area contributed by atoms with Crippen LogP contribution < -0.4 is 10.4 Å². The summed E-state index contributed by atoms with van der Waals surface area (Å²) in [7, 11) is 0. The predicted octanol–water partition coefficient (Wildman–Crippen LogP) is 8.54. The molecule has 2 aromatic carbocycles. The van der Waals surface area contributed by atoms with Crippen LogP contribution in [0, 0.1) is 45.5 Å². The van der Waals surface area contributed by atoms with Gasteiger partial charge < -0.3 is 14.4 Å². The minimum absolute atomic E-state index is 0. The van der Waals surface area contributed by atoms with Crippen LogP contribution in [-0.4, -0.2) is 0 Å². The molecular weight excluding hydrogens is 574 g/mol. The van der Waals surface area contributed by atoms with Gasteiger partial charge in [-0.25, -0.2) is 0 Å². The Bertz CT molecular complexity index is 641. The Morgan fingerprint density at radius 2 is 1.24 bits per heavy atom. The van der Waals surface area contributed by atoms with E-state index in [1.54, 1.807) is 0 Å². The van der Waals surface area contributed by atoms with Gasteiger partial charge in [0, 0.05) is 0 Å². The van der Waals surface area contributed by atoms with Gasteiger partial charge >= 0.3 is 31.1 Å². The van der Waals surface area contributed by atoms with Crippen LogP contribution in [0.2, 0.25) is 0 Å². The van der Waals surface area contributed by atoms with E-state index >= 15 is 0 Å². The molecule has 0 nitrogen and oxygen atoms in total. The van der Waals surface area contributed by atoms with Gasteiger partial charge in [0.2, 0.25) is 0 Å². The van der Waals surface area contributed by atoms with E-state index in [1.165, 1.54) is 42.0 Å². The molecule has 0 spiro atoms. The SMILES string of the molecule is C=c1ccc(=C)c2c(CCCC)cccc12.CC.CC.CC.[CH2-]CCCC.[CH3-].[U+2]. The zero-order valence-corrected chi connectivity index (χ0v) is 25.4. The average Bonchev–Trinajstić information content (AvgIpc) is 2.74. The van der Waals surface area contributed by atoms with Crippen molar-refractivity contribution in [3.63, 3.8) is 0 Å². The van der Waals surface area contributed by atoms with Gasteiger partial charge in [0.15, 0.2) is 0 Å². The fraction of sp³-hybridized carbons (Fsp3) is 0.500. The smallest absolute Gasteiger partial charge is 0.358 e. The molecule has 0 radical (unpaired) electrons. The van der Waals surface area contributed by atoms with Crippen molar-refractivity contribution < 1.29 is 31.1 Å². The van der Waals surface area contributed by atoms with Gasteiger partial charge in [0.05, 0.1) is 0 Å². The Kier molecular flexibility index (Phi) is 40.0. The first-order chi connectivity index (χ1) is 13.2. The van der Waals surface area contributed by atoms with Crippen molar-refractivity contribution in [2.75, 3.05) is 0 Å². The molecule has 0 saturated carbocycles. The largest absolute Gasteiger partial charge is 2.00 e. The maximum Gasteiger partial charge on any atom is 2.00 e. The van der Waals surface area contributed by atoms with E-state index in [-0.39, 0.29) is 38.5 Å². The summed E-state index contributed by atoms with van der Waals surface area (Å²) >= 11 is 0. The maximum absolute atomic E-state index is 4.13. The van der Waals surface area contributed by atoms with E-state index in [0.29, 0.717) is 0 Å². The molecule has 0 fully saturated rings. The maximum atomic E-state index is 4.13. The van der Waals surface area contributed by atoms with Gasteiger partial charge in [-0.2, -0.15) is 6.42 Å². The molecule has 0 aliphatic rings. The van der Waals surface area contributed by atoms with Crippen molar-refractivity contribution in [2.24, 2.45) is 0 Å². The number of rotatable bonds is 5. The third-order valence-corrected chi connectivity index (χ3v) is 3.71. The first-order valence-electron chi connectivity index (χ1n) is 11.1. The number of fused-ring (bicyclic) bond motifs is 1. The standard InChI is InChI=1S/C16H18.C5H11.3C2H6.CH3.U/c1-4-5-7-14-8-6-9-15-12(2)10-11-13(3)16(14)15;1-3-5-4-2;3*1-2;;/h6,8-11H,2-5,7H2,1H3;1,3-5H2,2H3;3*1-2H3;1H3;/q;-1;;;;-1;+2. The van der Waals surface area contributed by atoms with Crippen LogP contribution in [0.1, 0.15) is 93.1 Å². The third kappa shape index (κ3) is 16.9. The van der Waals surface area contributed by atoms with Crippen molar-refractivity contribution in [3.05, 3.63) is 60.7 Å². The summed E-state index contributed by atoms with van der Waals surface area (Å²) in [4.78, 5) is 0. The number of hydrogen-bond donors (Lipinski definition) is 0. The Hall–Kier alpha value is -0.508. The average molecular weight is 625 g/mol. The molecule has 0 N–H and O–H groups in total. The summed E-state index contributed by atoms with van der Waals surface area (Å²) in [6, 6.07) is 10.6. The van der Waals surface area contributed by atoms with Crippen molar-refractivity contribution in [3.8, 4) is 0 Å². The minimum atomic E-state index is 0. The van der Waals surface area contributed by atoms with Crippen LogP contribution >= 0.6 is 0 Å². The van der Waals surface area contributed by atoms with E-state index in [0.717, 1.165) is 23.3 Å². The summed E-state index contributed by atoms with van der Waals surface area (Å²) in [6.07, 6.45) is 7.26. The number of benzene rings is 2. The zero-order chi connectivity index (χ0) is 21.7. The molecule has 1 heteroatoms. The van der Waals surface area contributed by atoms with Crippen molar-refractivity contribution >= 4 is 23.9 Å². The number of aryl methyl sites for hydroxylation is 1. The van der Waals surface area contributed by atoms with Gasteiger partial charge in [-0.1, -0.05) is 118 Å². The van der Waals surface area contributed by atoms with Gasteiger partial charge in [-0.15, -0.1) is 0 Å². The molecule has 0 saturated heterocycles. The van der Waals surface area contributed by atoms with Crippen LogP contribution in [-0.2, 0) is 6.42 Å². The second kappa shape index (κ2) is 29.7. The molecule has 0 bridgehead atoms. The molecule has 2 rings (SSSR count). The van der Waals surface area contributed by atoms with E-state index in [2.05, 4.69) is 58.2 Å². The van der Waals surface area contributed by atoms with E-state index in [9.17, 15) is 0 Å². The Balaban J connectivity index is -0.000000127. The summed E-state index contributed by atoms with van der Waals surface area (Å²) in [5.41, 5.74) is 1.41. The van der Waals surface area contributed by atoms with E-state index in [4.69, 9.17) is 0 Å². The normalized spacial score (nSPS) is 8.03. The van der Waals surface area contributed by atoms with E-state index < -0.39 is 0 Å². The molecule has 0 aliphatic heterocycles. The van der Waals surface area contributed by atoms with Crippen LogP contribution in [0.25, 0.3) is 23.9 Å². The fourth-order valence-corrected chi connectivity index (χ4v) is 2.45.